The second kappa shape index (κ2) is 4.51. The molecule has 4 nitrogen and oxygen atoms in total. The number of nitrogens with zero attached hydrogens (tertiary/aromatic N) is 2. The summed E-state index contributed by atoms with van der Waals surface area (Å²) in [5.41, 5.74) is 2.61. The number of rotatable bonds is 2. The lowest BCUT2D eigenvalue weighted by Gasteiger charge is -2.25. The third kappa shape index (κ3) is 2.09. The Kier molecular flexibility index (Phi) is 2.96. The molecule has 0 saturated carbocycles. The zero-order chi connectivity index (χ0) is 13.6. The van der Waals surface area contributed by atoms with Crippen molar-refractivity contribution in [3.8, 4) is 0 Å². The van der Waals surface area contributed by atoms with Crippen LogP contribution >= 0.6 is 0 Å². The molecule has 1 aromatic heterocycles. The van der Waals surface area contributed by atoms with Gasteiger partial charge in [0.25, 0.3) is 0 Å². The van der Waals surface area contributed by atoms with Crippen LogP contribution in [-0.4, -0.2) is 28.6 Å². The summed E-state index contributed by atoms with van der Waals surface area (Å²) in [6.45, 7) is 5.28. The largest absolute Gasteiger partial charge is 0.478 e. The van der Waals surface area contributed by atoms with E-state index in [1.807, 2.05) is 6.07 Å². The molecule has 4 heteroatoms. The van der Waals surface area contributed by atoms with E-state index < -0.39 is 5.97 Å². The first kappa shape index (κ1) is 12.5. The van der Waals surface area contributed by atoms with E-state index in [0.29, 0.717) is 23.3 Å². The molecule has 1 saturated heterocycles. The molecule has 0 radical (unpaired) electrons. The average Bonchev–Trinajstić information content (AvgIpc) is 2.92. The zero-order valence-corrected chi connectivity index (χ0v) is 11.5. The van der Waals surface area contributed by atoms with Crippen molar-refractivity contribution in [2.75, 3.05) is 11.4 Å². The summed E-state index contributed by atoms with van der Waals surface area (Å²) < 4.78 is 0. The number of hydrogen-bond acceptors (Lipinski definition) is 3. The molecule has 3 rings (SSSR count). The molecule has 0 spiro atoms. The lowest BCUT2D eigenvalue weighted by Crippen LogP contribution is -2.30. The number of aryl methyl sites for hydroxylation is 2. The number of aromatic carboxylic acids is 1. The quantitative estimate of drug-likeness (QED) is 0.887. The van der Waals surface area contributed by atoms with Crippen molar-refractivity contribution < 1.29 is 9.90 Å². The van der Waals surface area contributed by atoms with E-state index in [1.165, 1.54) is 0 Å². The number of fused-ring (bicyclic) bond motifs is 1. The Bertz CT molecular complexity index is 527. The molecular weight excluding hydrogens is 240 g/mol. The highest BCUT2D eigenvalue weighted by Crippen LogP contribution is 2.33. The second-order valence-corrected chi connectivity index (χ2v) is 5.97. The highest BCUT2D eigenvalue weighted by Gasteiger charge is 2.31. The topological polar surface area (TPSA) is 53.4 Å². The van der Waals surface area contributed by atoms with Crippen LogP contribution in [0.3, 0.4) is 0 Å². The minimum atomic E-state index is -0.857. The van der Waals surface area contributed by atoms with Crippen LogP contribution < -0.4 is 4.90 Å². The standard InChI is InChI=1S/C15H20N2O2/c1-9-6-10(2)17(8-9)14-12(15(18)19)7-11-4-3-5-13(11)16-14/h7,9-10H,3-6,8H2,1-2H3,(H,18,19). The van der Waals surface area contributed by atoms with Gasteiger partial charge in [-0.25, -0.2) is 9.78 Å². The van der Waals surface area contributed by atoms with Crippen molar-refractivity contribution in [1.29, 1.82) is 0 Å². The highest BCUT2D eigenvalue weighted by atomic mass is 16.4. The second-order valence-electron chi connectivity index (χ2n) is 5.97. The molecule has 1 aliphatic carbocycles. The first-order valence-electron chi connectivity index (χ1n) is 7.09. The SMILES string of the molecule is CC1CC(C)N(c2nc3c(cc2C(=O)O)CCC3)C1. The maximum atomic E-state index is 11.5. The van der Waals surface area contributed by atoms with Gasteiger partial charge in [-0.05, 0) is 50.2 Å². The predicted molar refractivity (Wildman–Crippen MR) is 73.8 cm³/mol. The van der Waals surface area contributed by atoms with Gasteiger partial charge in [-0.3, -0.25) is 0 Å². The number of hydrogen-bond donors (Lipinski definition) is 1. The number of carboxylic acid groups (broad SMARTS) is 1. The van der Waals surface area contributed by atoms with Gasteiger partial charge in [-0.1, -0.05) is 6.92 Å². The summed E-state index contributed by atoms with van der Waals surface area (Å²) in [7, 11) is 0. The fourth-order valence-electron chi connectivity index (χ4n) is 3.43. The highest BCUT2D eigenvalue weighted by molar-refractivity contribution is 5.94. The lowest BCUT2D eigenvalue weighted by atomic mass is 10.1. The van der Waals surface area contributed by atoms with Gasteiger partial charge in [0.05, 0.1) is 0 Å². The van der Waals surface area contributed by atoms with Gasteiger partial charge in [-0.2, -0.15) is 0 Å². The van der Waals surface area contributed by atoms with Gasteiger partial charge in [0, 0.05) is 18.3 Å². The Labute approximate surface area is 113 Å². The van der Waals surface area contributed by atoms with Crippen molar-refractivity contribution in [1.82, 2.24) is 4.98 Å². The summed E-state index contributed by atoms with van der Waals surface area (Å²) in [5, 5.41) is 9.44. The molecule has 0 bridgehead atoms. The van der Waals surface area contributed by atoms with Crippen LogP contribution in [0.25, 0.3) is 0 Å². The molecule has 2 atom stereocenters. The van der Waals surface area contributed by atoms with Crippen LogP contribution in [0.4, 0.5) is 5.82 Å². The Morgan fingerprint density at radius 2 is 2.21 bits per heavy atom. The van der Waals surface area contributed by atoms with E-state index >= 15 is 0 Å². The summed E-state index contributed by atoms with van der Waals surface area (Å²) in [5.74, 6) is 0.431. The van der Waals surface area contributed by atoms with Crippen molar-refractivity contribution in [3.63, 3.8) is 0 Å². The van der Waals surface area contributed by atoms with Crippen LogP contribution in [0.5, 0.6) is 0 Å². The summed E-state index contributed by atoms with van der Waals surface area (Å²) in [4.78, 5) is 18.4. The van der Waals surface area contributed by atoms with Gasteiger partial charge in [-0.15, -0.1) is 0 Å². The van der Waals surface area contributed by atoms with Crippen LogP contribution in [0.1, 0.15) is 48.3 Å². The van der Waals surface area contributed by atoms with Gasteiger partial charge in [0.15, 0.2) is 0 Å². The van der Waals surface area contributed by atoms with Gasteiger partial charge in [0.1, 0.15) is 11.4 Å². The van der Waals surface area contributed by atoms with Crippen LogP contribution in [0.15, 0.2) is 6.07 Å². The number of pyridine rings is 1. The first-order valence-corrected chi connectivity index (χ1v) is 7.09. The number of anilines is 1. The van der Waals surface area contributed by atoms with Gasteiger partial charge in [0.2, 0.25) is 0 Å². The smallest absolute Gasteiger partial charge is 0.339 e. The van der Waals surface area contributed by atoms with E-state index in [1.54, 1.807) is 0 Å². The minimum Gasteiger partial charge on any atom is -0.478 e. The van der Waals surface area contributed by atoms with Crippen LogP contribution in [0, 0.1) is 5.92 Å². The summed E-state index contributed by atoms with van der Waals surface area (Å²) in [6, 6.07) is 2.22. The Morgan fingerprint density at radius 1 is 1.42 bits per heavy atom. The van der Waals surface area contributed by atoms with Crippen molar-refractivity contribution in [3.05, 3.63) is 22.9 Å². The van der Waals surface area contributed by atoms with Crippen molar-refractivity contribution in [2.24, 2.45) is 5.92 Å². The van der Waals surface area contributed by atoms with Gasteiger partial charge < -0.3 is 10.0 Å². The Balaban J connectivity index is 2.06. The van der Waals surface area contributed by atoms with E-state index in [0.717, 1.165) is 43.5 Å². The molecule has 0 aromatic carbocycles. The molecule has 2 aliphatic rings. The summed E-state index contributed by atoms with van der Waals surface area (Å²) >= 11 is 0. The predicted octanol–water partition coefficient (Wildman–Crippen LogP) is 2.50. The number of carboxylic acids is 1. The molecule has 0 amide bonds. The molecule has 1 aliphatic heterocycles. The van der Waals surface area contributed by atoms with E-state index in [-0.39, 0.29) is 0 Å². The molecule has 1 aromatic rings. The number of carbonyl (C=O) groups is 1. The Morgan fingerprint density at radius 3 is 2.84 bits per heavy atom. The first-order chi connectivity index (χ1) is 9.06. The molecule has 2 heterocycles. The van der Waals surface area contributed by atoms with Crippen LogP contribution in [-0.2, 0) is 12.8 Å². The molecular formula is C15H20N2O2. The van der Waals surface area contributed by atoms with E-state index in [2.05, 4.69) is 23.7 Å². The minimum absolute atomic E-state index is 0.375. The fraction of sp³-hybridized carbons (Fsp3) is 0.600. The van der Waals surface area contributed by atoms with Crippen LogP contribution in [0.2, 0.25) is 0 Å². The molecule has 2 unspecified atom stereocenters. The molecule has 1 N–H and O–H groups in total. The fourth-order valence-corrected chi connectivity index (χ4v) is 3.43. The lowest BCUT2D eigenvalue weighted by molar-refractivity contribution is 0.0697. The maximum absolute atomic E-state index is 11.5. The van der Waals surface area contributed by atoms with E-state index in [9.17, 15) is 9.90 Å². The van der Waals surface area contributed by atoms with Crippen molar-refractivity contribution in [2.45, 2.75) is 45.6 Å². The molecule has 102 valence electrons. The third-order valence-corrected chi connectivity index (χ3v) is 4.32. The van der Waals surface area contributed by atoms with E-state index in [4.69, 9.17) is 0 Å². The Hall–Kier alpha value is -1.58. The molecule has 19 heavy (non-hydrogen) atoms. The average molecular weight is 260 g/mol. The number of aromatic nitrogens is 1. The third-order valence-electron chi connectivity index (χ3n) is 4.32. The monoisotopic (exact) mass is 260 g/mol. The summed E-state index contributed by atoms with van der Waals surface area (Å²) in [6.07, 6.45) is 4.16. The molecule has 1 fully saturated rings. The zero-order valence-electron chi connectivity index (χ0n) is 11.5. The normalized spacial score (nSPS) is 25.7. The maximum Gasteiger partial charge on any atom is 0.339 e. The van der Waals surface area contributed by atoms with Gasteiger partial charge >= 0.3 is 5.97 Å². The van der Waals surface area contributed by atoms with Crippen molar-refractivity contribution >= 4 is 11.8 Å².